The second-order valence-corrected chi connectivity index (χ2v) is 8.26. The predicted molar refractivity (Wildman–Crippen MR) is 87.9 cm³/mol. The van der Waals surface area contributed by atoms with Crippen LogP contribution in [0.1, 0.15) is 39.5 Å². The van der Waals surface area contributed by atoms with Crippen LogP contribution in [-0.2, 0) is 10.0 Å². The molecule has 0 bridgehead atoms. The Morgan fingerprint density at radius 3 is 2.67 bits per heavy atom. The monoisotopic (exact) mass is 375 g/mol. The van der Waals surface area contributed by atoms with E-state index in [9.17, 15) is 8.42 Å². The summed E-state index contributed by atoms with van der Waals surface area (Å²) in [7, 11) is -3.55. The van der Waals surface area contributed by atoms with E-state index in [1.807, 2.05) is 6.92 Å². The summed E-state index contributed by atoms with van der Waals surface area (Å²) in [5.41, 5.74) is 0.170. The summed E-state index contributed by atoms with van der Waals surface area (Å²) >= 11 is 3.29. The molecule has 21 heavy (non-hydrogen) atoms. The Balaban J connectivity index is 2.19. The molecule has 0 unspecified atom stereocenters. The van der Waals surface area contributed by atoms with Gasteiger partial charge in [0.15, 0.2) is 0 Å². The third-order valence-corrected chi connectivity index (χ3v) is 5.84. The summed E-state index contributed by atoms with van der Waals surface area (Å²) in [4.78, 5) is 4.39. The summed E-state index contributed by atoms with van der Waals surface area (Å²) in [6, 6.07) is 1.60. The Labute approximate surface area is 135 Å². The van der Waals surface area contributed by atoms with E-state index in [2.05, 4.69) is 37.9 Å². The van der Waals surface area contributed by atoms with Gasteiger partial charge < -0.3 is 5.32 Å². The number of aromatic nitrogens is 1. The Morgan fingerprint density at radius 2 is 2.10 bits per heavy atom. The molecule has 1 saturated carbocycles. The van der Waals surface area contributed by atoms with Crippen molar-refractivity contribution in [2.24, 2.45) is 5.41 Å². The fourth-order valence-corrected chi connectivity index (χ4v) is 3.96. The minimum atomic E-state index is -3.55. The Hall–Kier alpha value is -0.660. The van der Waals surface area contributed by atoms with Gasteiger partial charge in [0.05, 0.1) is 0 Å². The molecular formula is C14H22BrN3O2S. The van der Waals surface area contributed by atoms with Crippen molar-refractivity contribution in [1.29, 1.82) is 0 Å². The zero-order valence-electron chi connectivity index (χ0n) is 12.4. The number of halogens is 1. The van der Waals surface area contributed by atoms with Crippen molar-refractivity contribution in [2.45, 2.75) is 44.4 Å². The van der Waals surface area contributed by atoms with E-state index in [1.165, 1.54) is 0 Å². The van der Waals surface area contributed by atoms with Gasteiger partial charge in [0.25, 0.3) is 0 Å². The summed E-state index contributed by atoms with van der Waals surface area (Å²) in [5.74, 6) is 0.411. The van der Waals surface area contributed by atoms with Crippen LogP contribution < -0.4 is 10.0 Å². The summed E-state index contributed by atoms with van der Waals surface area (Å²) in [5, 5.41) is 3.07. The fourth-order valence-electron chi connectivity index (χ4n) is 2.16. The van der Waals surface area contributed by atoms with Crippen molar-refractivity contribution < 1.29 is 8.42 Å². The molecular weight excluding hydrogens is 354 g/mol. The van der Waals surface area contributed by atoms with Gasteiger partial charge in [-0.25, -0.2) is 18.1 Å². The van der Waals surface area contributed by atoms with Crippen molar-refractivity contribution in [3.8, 4) is 0 Å². The van der Waals surface area contributed by atoms with Gasteiger partial charge in [0, 0.05) is 23.8 Å². The largest absolute Gasteiger partial charge is 0.369 e. The predicted octanol–water partition coefficient (Wildman–Crippen LogP) is 3.13. The lowest BCUT2D eigenvalue weighted by atomic mass is 10.1. The van der Waals surface area contributed by atoms with Crippen molar-refractivity contribution >= 4 is 31.8 Å². The Morgan fingerprint density at radius 1 is 1.38 bits per heavy atom. The van der Waals surface area contributed by atoms with E-state index in [0.717, 1.165) is 25.7 Å². The van der Waals surface area contributed by atoms with E-state index in [1.54, 1.807) is 12.3 Å². The third-order valence-electron chi connectivity index (χ3n) is 4.00. The van der Waals surface area contributed by atoms with Gasteiger partial charge in [0.1, 0.15) is 10.7 Å². The number of rotatable bonds is 8. The third kappa shape index (κ3) is 4.17. The highest BCUT2D eigenvalue weighted by atomic mass is 79.9. The molecule has 1 aromatic heterocycles. The minimum Gasteiger partial charge on any atom is -0.369 e. The molecule has 0 aliphatic heterocycles. The van der Waals surface area contributed by atoms with Crippen LogP contribution in [0.2, 0.25) is 0 Å². The number of nitrogens with zero attached hydrogens (tertiary/aromatic N) is 1. The molecule has 2 N–H and O–H groups in total. The summed E-state index contributed by atoms with van der Waals surface area (Å²) in [6.07, 6.45) is 5.72. The van der Waals surface area contributed by atoms with Crippen LogP contribution in [0, 0.1) is 5.41 Å². The van der Waals surface area contributed by atoms with E-state index in [-0.39, 0.29) is 10.3 Å². The molecule has 1 heterocycles. The van der Waals surface area contributed by atoms with Crippen LogP contribution >= 0.6 is 15.9 Å². The average molecular weight is 376 g/mol. The number of pyridine rings is 1. The van der Waals surface area contributed by atoms with Gasteiger partial charge in [0.2, 0.25) is 10.0 Å². The van der Waals surface area contributed by atoms with Crippen molar-refractivity contribution in [3.63, 3.8) is 0 Å². The lowest BCUT2D eigenvalue weighted by Gasteiger charge is -2.16. The van der Waals surface area contributed by atoms with Gasteiger partial charge >= 0.3 is 0 Å². The molecule has 0 aromatic carbocycles. The normalized spacial score (nSPS) is 16.7. The van der Waals surface area contributed by atoms with E-state index >= 15 is 0 Å². The smallest absolute Gasteiger partial charge is 0.244 e. The van der Waals surface area contributed by atoms with Crippen molar-refractivity contribution in [3.05, 3.63) is 16.7 Å². The van der Waals surface area contributed by atoms with Gasteiger partial charge in [-0.05, 0) is 53.1 Å². The maximum Gasteiger partial charge on any atom is 0.244 e. The average Bonchev–Trinajstić information content (AvgIpc) is 3.25. The molecule has 1 aliphatic rings. The number of hydrogen-bond acceptors (Lipinski definition) is 4. The SMILES string of the molecule is CCCNc1ncc(Br)cc1S(=O)(=O)NCC1(CC)CC1. The van der Waals surface area contributed by atoms with Gasteiger partial charge in [-0.3, -0.25) is 0 Å². The van der Waals surface area contributed by atoms with Gasteiger partial charge in [-0.15, -0.1) is 0 Å². The maximum atomic E-state index is 12.5. The van der Waals surface area contributed by atoms with Gasteiger partial charge in [-0.2, -0.15) is 0 Å². The zero-order valence-corrected chi connectivity index (χ0v) is 14.8. The maximum absolute atomic E-state index is 12.5. The van der Waals surface area contributed by atoms with Crippen LogP contribution in [-0.4, -0.2) is 26.5 Å². The molecule has 2 rings (SSSR count). The Bertz CT molecular complexity index is 600. The van der Waals surface area contributed by atoms with Crippen molar-refractivity contribution in [2.75, 3.05) is 18.4 Å². The molecule has 118 valence electrons. The second kappa shape index (κ2) is 6.62. The van der Waals surface area contributed by atoms with Crippen LogP contribution in [0.25, 0.3) is 0 Å². The number of hydrogen-bond donors (Lipinski definition) is 2. The standard InChI is InChI=1S/C14H22BrN3O2S/c1-3-7-16-13-12(8-11(15)9-17-13)21(19,20)18-10-14(4-2)5-6-14/h8-9,18H,3-7,10H2,1-2H3,(H,16,17). The molecule has 0 radical (unpaired) electrons. The van der Waals surface area contributed by atoms with Gasteiger partial charge in [-0.1, -0.05) is 13.8 Å². The molecule has 5 nitrogen and oxygen atoms in total. The lowest BCUT2D eigenvalue weighted by molar-refractivity contribution is 0.475. The summed E-state index contributed by atoms with van der Waals surface area (Å²) in [6.45, 7) is 5.33. The molecule has 1 aromatic rings. The highest BCUT2D eigenvalue weighted by Gasteiger charge is 2.41. The van der Waals surface area contributed by atoms with Crippen LogP contribution in [0.4, 0.5) is 5.82 Å². The van der Waals surface area contributed by atoms with E-state index in [0.29, 0.717) is 23.4 Å². The molecule has 1 fully saturated rings. The lowest BCUT2D eigenvalue weighted by Crippen LogP contribution is -2.31. The highest BCUT2D eigenvalue weighted by molar-refractivity contribution is 9.10. The molecule has 7 heteroatoms. The second-order valence-electron chi connectivity index (χ2n) is 5.61. The first kappa shape index (κ1) is 16.7. The van der Waals surface area contributed by atoms with Crippen molar-refractivity contribution in [1.82, 2.24) is 9.71 Å². The van der Waals surface area contributed by atoms with Crippen LogP contribution in [0.3, 0.4) is 0 Å². The first-order valence-electron chi connectivity index (χ1n) is 7.31. The first-order valence-corrected chi connectivity index (χ1v) is 9.59. The number of sulfonamides is 1. The fraction of sp³-hybridized carbons (Fsp3) is 0.643. The molecule has 0 saturated heterocycles. The zero-order chi connectivity index (χ0) is 15.5. The van der Waals surface area contributed by atoms with E-state index in [4.69, 9.17) is 0 Å². The molecule has 0 spiro atoms. The number of nitrogens with one attached hydrogen (secondary N) is 2. The topological polar surface area (TPSA) is 71.1 Å². The first-order chi connectivity index (χ1) is 9.92. The molecule has 1 aliphatic carbocycles. The van der Waals surface area contributed by atoms with E-state index < -0.39 is 10.0 Å². The Kier molecular flexibility index (Phi) is 5.27. The van der Waals surface area contributed by atoms with Crippen LogP contribution in [0.15, 0.2) is 21.6 Å². The quantitative estimate of drug-likeness (QED) is 0.731. The van der Waals surface area contributed by atoms with Crippen LogP contribution in [0.5, 0.6) is 0 Å². The number of anilines is 1. The minimum absolute atomic E-state index is 0.170. The molecule has 0 atom stereocenters. The molecule has 0 amide bonds. The highest BCUT2D eigenvalue weighted by Crippen LogP contribution is 2.48. The summed E-state index contributed by atoms with van der Waals surface area (Å²) < 4.78 is 28.5.